The average Bonchev–Trinajstić information content (AvgIpc) is 2.95. The Labute approximate surface area is 152 Å². The molecule has 0 aromatic carbocycles. The molecule has 25 heavy (non-hydrogen) atoms. The number of methoxy groups -OCH3 is 1. The monoisotopic (exact) mass is 346 g/mol. The van der Waals surface area contributed by atoms with Crippen LogP contribution >= 0.6 is 0 Å². The first-order valence-corrected chi connectivity index (χ1v) is 10.2. The molecular formula is C22H34O3. The van der Waals surface area contributed by atoms with Crippen LogP contribution in [0.25, 0.3) is 0 Å². The van der Waals surface area contributed by atoms with E-state index in [1.165, 1.54) is 13.5 Å². The summed E-state index contributed by atoms with van der Waals surface area (Å²) in [7, 11) is 1.49. The Hall–Kier alpha value is -1.01. The lowest BCUT2D eigenvalue weighted by atomic mass is 9.49. The van der Waals surface area contributed by atoms with E-state index in [1.807, 2.05) is 0 Å². The molecule has 0 aromatic rings. The molecule has 3 saturated carbocycles. The van der Waals surface area contributed by atoms with Crippen molar-refractivity contribution in [2.24, 2.45) is 35.0 Å². The van der Waals surface area contributed by atoms with Gasteiger partial charge < -0.3 is 9.84 Å². The van der Waals surface area contributed by atoms with E-state index in [-0.39, 0.29) is 11.4 Å². The number of ether oxygens (including phenoxy) is 1. The summed E-state index contributed by atoms with van der Waals surface area (Å²) in [5.41, 5.74) is -1.00. The summed E-state index contributed by atoms with van der Waals surface area (Å²) < 4.78 is 4.93. The van der Waals surface area contributed by atoms with E-state index >= 15 is 0 Å². The van der Waals surface area contributed by atoms with Gasteiger partial charge in [-0.2, -0.15) is 0 Å². The largest absolute Gasteiger partial charge is 0.469 e. The highest BCUT2D eigenvalue weighted by Crippen LogP contribution is 2.65. The predicted octanol–water partition coefficient (Wildman–Crippen LogP) is 4.18. The minimum Gasteiger partial charge on any atom is -0.469 e. The van der Waals surface area contributed by atoms with Crippen LogP contribution in [-0.4, -0.2) is 23.8 Å². The maximum absolute atomic E-state index is 11.8. The summed E-state index contributed by atoms with van der Waals surface area (Å²) >= 11 is 0. The van der Waals surface area contributed by atoms with Crippen LogP contribution in [0.5, 0.6) is 0 Å². The molecule has 1 N–H and O–H groups in total. The minimum atomic E-state index is -0.915. The third kappa shape index (κ3) is 2.72. The molecule has 0 heterocycles. The summed E-state index contributed by atoms with van der Waals surface area (Å²) in [6, 6.07) is 0. The number of terminal acetylenes is 1. The second-order valence-electron chi connectivity index (χ2n) is 8.72. The number of hydrogen-bond acceptors (Lipinski definition) is 3. The van der Waals surface area contributed by atoms with E-state index in [0.29, 0.717) is 36.0 Å². The van der Waals surface area contributed by atoms with Crippen LogP contribution in [0.2, 0.25) is 0 Å². The number of hydrogen-bond donors (Lipinski definition) is 1. The average molecular weight is 347 g/mol. The molecule has 3 rings (SSSR count). The number of carbonyl (C=O) groups is 1. The van der Waals surface area contributed by atoms with Crippen LogP contribution in [0.1, 0.15) is 71.6 Å². The lowest BCUT2D eigenvalue weighted by molar-refractivity contribution is -0.145. The molecule has 140 valence electrons. The Morgan fingerprint density at radius 3 is 2.56 bits per heavy atom. The molecule has 3 aliphatic carbocycles. The van der Waals surface area contributed by atoms with E-state index in [0.717, 1.165) is 44.9 Å². The van der Waals surface area contributed by atoms with Crippen molar-refractivity contribution >= 4 is 5.97 Å². The Morgan fingerprint density at radius 1 is 1.20 bits per heavy atom. The molecule has 7 unspecified atom stereocenters. The van der Waals surface area contributed by atoms with E-state index in [2.05, 4.69) is 19.8 Å². The molecule has 3 fully saturated rings. The number of carbonyl (C=O) groups excluding carboxylic acids is 1. The second-order valence-corrected chi connectivity index (χ2v) is 8.72. The fraction of sp³-hybridized carbons (Fsp3) is 0.864. The van der Waals surface area contributed by atoms with Gasteiger partial charge in [-0.1, -0.05) is 26.2 Å². The molecular weight excluding hydrogens is 312 g/mol. The highest BCUT2D eigenvalue weighted by molar-refractivity contribution is 5.69. The lowest BCUT2D eigenvalue weighted by Gasteiger charge is -2.56. The molecule has 0 amide bonds. The standard InChI is InChI=1S/C22H34O3/c1-5-16-15(14-20(23)25-4)8-9-18-17(16)10-12-21(6-2)19(18)11-13-22(21,24)7-3/h3,15-19,24H,5-6,8-14H2,1-2,4H3. The Bertz CT molecular complexity index is 550. The van der Waals surface area contributed by atoms with Crippen molar-refractivity contribution in [2.75, 3.05) is 7.11 Å². The van der Waals surface area contributed by atoms with Gasteiger partial charge in [-0.05, 0) is 74.5 Å². The van der Waals surface area contributed by atoms with Crippen LogP contribution in [0.15, 0.2) is 0 Å². The van der Waals surface area contributed by atoms with Gasteiger partial charge >= 0.3 is 5.97 Å². The summed E-state index contributed by atoms with van der Waals surface area (Å²) in [6.45, 7) is 4.48. The molecule has 0 radical (unpaired) electrons. The fourth-order valence-corrected chi connectivity index (χ4v) is 7.20. The van der Waals surface area contributed by atoms with Gasteiger partial charge in [0.15, 0.2) is 0 Å². The van der Waals surface area contributed by atoms with Gasteiger partial charge in [0.25, 0.3) is 0 Å². The molecule has 0 saturated heterocycles. The first-order valence-electron chi connectivity index (χ1n) is 10.2. The van der Waals surface area contributed by atoms with Crippen molar-refractivity contribution in [1.29, 1.82) is 0 Å². The van der Waals surface area contributed by atoms with Crippen LogP contribution in [0.3, 0.4) is 0 Å². The zero-order chi connectivity index (χ0) is 18.2. The van der Waals surface area contributed by atoms with E-state index in [4.69, 9.17) is 11.2 Å². The maximum Gasteiger partial charge on any atom is 0.305 e. The Balaban J connectivity index is 1.84. The first kappa shape index (κ1) is 18.8. The smallest absolute Gasteiger partial charge is 0.305 e. The summed E-state index contributed by atoms with van der Waals surface area (Å²) in [5, 5.41) is 11.2. The third-order valence-electron chi connectivity index (χ3n) is 8.36. The molecule has 0 aromatic heterocycles. The normalized spacial score (nSPS) is 46.0. The van der Waals surface area contributed by atoms with Gasteiger partial charge in [-0.25, -0.2) is 0 Å². The van der Waals surface area contributed by atoms with Gasteiger partial charge in [-0.15, -0.1) is 6.42 Å². The van der Waals surface area contributed by atoms with Gasteiger partial charge in [0.2, 0.25) is 0 Å². The Morgan fingerprint density at radius 2 is 1.96 bits per heavy atom. The third-order valence-corrected chi connectivity index (χ3v) is 8.36. The van der Waals surface area contributed by atoms with Crippen molar-refractivity contribution in [1.82, 2.24) is 0 Å². The van der Waals surface area contributed by atoms with Crippen LogP contribution in [-0.2, 0) is 9.53 Å². The number of esters is 1. The minimum absolute atomic E-state index is 0.0665. The highest BCUT2D eigenvalue weighted by atomic mass is 16.5. The zero-order valence-corrected chi connectivity index (χ0v) is 16.1. The van der Waals surface area contributed by atoms with Crippen LogP contribution in [0.4, 0.5) is 0 Å². The van der Waals surface area contributed by atoms with Gasteiger partial charge in [0.05, 0.1) is 7.11 Å². The van der Waals surface area contributed by atoms with Crippen molar-refractivity contribution in [3.63, 3.8) is 0 Å². The van der Waals surface area contributed by atoms with Crippen molar-refractivity contribution in [3.8, 4) is 12.3 Å². The van der Waals surface area contributed by atoms with Crippen LogP contribution < -0.4 is 0 Å². The summed E-state index contributed by atoms with van der Waals surface area (Å²) in [6.07, 6.45) is 14.8. The predicted molar refractivity (Wildman–Crippen MR) is 98.6 cm³/mol. The van der Waals surface area contributed by atoms with Gasteiger partial charge in [0.1, 0.15) is 5.60 Å². The van der Waals surface area contributed by atoms with Crippen molar-refractivity contribution in [2.45, 2.75) is 77.2 Å². The number of aliphatic hydroxyl groups is 1. The molecule has 0 spiro atoms. The summed E-state index contributed by atoms with van der Waals surface area (Å²) in [4.78, 5) is 11.8. The second kappa shape index (κ2) is 6.95. The highest BCUT2D eigenvalue weighted by Gasteiger charge is 2.63. The summed E-state index contributed by atoms with van der Waals surface area (Å²) in [5.74, 6) is 5.67. The number of fused-ring (bicyclic) bond motifs is 3. The molecule has 0 bridgehead atoms. The Kier molecular flexibility index (Phi) is 5.22. The molecule has 3 nitrogen and oxygen atoms in total. The first-order chi connectivity index (χ1) is 12.0. The molecule has 3 aliphatic rings. The number of rotatable bonds is 4. The van der Waals surface area contributed by atoms with Gasteiger partial charge in [-0.3, -0.25) is 4.79 Å². The van der Waals surface area contributed by atoms with E-state index < -0.39 is 5.60 Å². The SMILES string of the molecule is C#CC1(O)CCC2C3CCC(CC(=O)OC)C(CC)C3CCC21CC. The maximum atomic E-state index is 11.8. The lowest BCUT2D eigenvalue weighted by Crippen LogP contribution is -2.54. The zero-order valence-electron chi connectivity index (χ0n) is 16.1. The molecule has 7 atom stereocenters. The fourth-order valence-electron chi connectivity index (χ4n) is 7.20. The van der Waals surface area contributed by atoms with E-state index in [9.17, 15) is 9.90 Å². The molecule has 0 aliphatic heterocycles. The topological polar surface area (TPSA) is 46.5 Å². The van der Waals surface area contributed by atoms with Crippen molar-refractivity contribution in [3.05, 3.63) is 0 Å². The molecule has 3 heteroatoms. The van der Waals surface area contributed by atoms with Gasteiger partial charge in [0, 0.05) is 11.8 Å². The van der Waals surface area contributed by atoms with Crippen LogP contribution in [0, 0.1) is 47.3 Å². The van der Waals surface area contributed by atoms with Crippen molar-refractivity contribution < 1.29 is 14.6 Å². The van der Waals surface area contributed by atoms with E-state index in [1.54, 1.807) is 0 Å². The quantitative estimate of drug-likeness (QED) is 0.613.